The second kappa shape index (κ2) is 8.64. The van der Waals surface area contributed by atoms with Gasteiger partial charge in [-0.3, -0.25) is 9.69 Å². The average molecular weight is 348 g/mol. The van der Waals surface area contributed by atoms with Gasteiger partial charge in [-0.2, -0.15) is 5.26 Å². The van der Waals surface area contributed by atoms with Crippen molar-refractivity contribution in [3.63, 3.8) is 0 Å². The van der Waals surface area contributed by atoms with E-state index in [9.17, 15) is 10.1 Å². The Bertz CT molecular complexity index is 788. The molecule has 2 aromatic rings. The van der Waals surface area contributed by atoms with Crippen LogP contribution < -0.4 is 4.74 Å². The SMILES string of the molecule is COc1c(C#N)cccc1CC(=O)C1CCN(Cc2ccccc2)CC1. The van der Waals surface area contributed by atoms with Crippen molar-refractivity contribution in [2.24, 2.45) is 5.92 Å². The molecule has 0 aromatic heterocycles. The van der Waals surface area contributed by atoms with Gasteiger partial charge < -0.3 is 4.74 Å². The Labute approximate surface area is 155 Å². The van der Waals surface area contributed by atoms with Crippen molar-refractivity contribution in [1.29, 1.82) is 5.26 Å². The molecule has 0 bridgehead atoms. The van der Waals surface area contributed by atoms with Crippen LogP contribution in [0.4, 0.5) is 0 Å². The first-order chi connectivity index (χ1) is 12.7. The van der Waals surface area contributed by atoms with Crippen LogP contribution in [-0.2, 0) is 17.8 Å². The molecule has 0 atom stereocenters. The molecule has 0 amide bonds. The molecule has 0 N–H and O–H groups in total. The van der Waals surface area contributed by atoms with Crippen LogP contribution in [0, 0.1) is 17.2 Å². The number of hydrogen-bond acceptors (Lipinski definition) is 4. The van der Waals surface area contributed by atoms with Crippen molar-refractivity contribution in [2.45, 2.75) is 25.8 Å². The molecule has 1 saturated heterocycles. The number of Topliss-reactive ketones (excluding diaryl/α,β-unsaturated/α-hetero) is 1. The highest BCUT2D eigenvalue weighted by atomic mass is 16.5. The number of rotatable bonds is 6. The van der Waals surface area contributed by atoms with Gasteiger partial charge in [0.1, 0.15) is 17.6 Å². The minimum atomic E-state index is 0.0949. The zero-order chi connectivity index (χ0) is 18.4. The van der Waals surface area contributed by atoms with E-state index in [0.717, 1.165) is 38.0 Å². The Kier molecular flexibility index (Phi) is 6.04. The van der Waals surface area contributed by atoms with E-state index in [1.807, 2.05) is 18.2 Å². The summed E-state index contributed by atoms with van der Waals surface area (Å²) in [6, 6.07) is 18.0. The maximum absolute atomic E-state index is 12.7. The highest BCUT2D eigenvalue weighted by Gasteiger charge is 2.25. The predicted molar refractivity (Wildman–Crippen MR) is 101 cm³/mol. The number of benzene rings is 2. The fourth-order valence-corrected chi connectivity index (χ4v) is 3.64. The Morgan fingerprint density at radius 3 is 2.54 bits per heavy atom. The van der Waals surface area contributed by atoms with E-state index >= 15 is 0 Å². The van der Waals surface area contributed by atoms with Gasteiger partial charge in [-0.15, -0.1) is 0 Å². The number of ketones is 1. The Morgan fingerprint density at radius 1 is 1.15 bits per heavy atom. The third kappa shape index (κ3) is 4.30. The van der Waals surface area contributed by atoms with Crippen molar-refractivity contribution in [2.75, 3.05) is 20.2 Å². The second-order valence-corrected chi connectivity index (χ2v) is 6.79. The molecule has 0 saturated carbocycles. The van der Waals surface area contributed by atoms with Gasteiger partial charge in [0.05, 0.1) is 12.7 Å². The third-order valence-electron chi connectivity index (χ3n) is 5.08. The molecule has 1 fully saturated rings. The minimum absolute atomic E-state index is 0.0949. The van der Waals surface area contributed by atoms with Crippen LogP contribution in [0.3, 0.4) is 0 Å². The summed E-state index contributed by atoms with van der Waals surface area (Å²) in [6.45, 7) is 2.83. The van der Waals surface area contributed by atoms with E-state index < -0.39 is 0 Å². The molecule has 2 aromatic carbocycles. The highest BCUT2D eigenvalue weighted by Crippen LogP contribution is 2.27. The van der Waals surface area contributed by atoms with Crippen LogP contribution in [0.15, 0.2) is 48.5 Å². The van der Waals surface area contributed by atoms with Crippen molar-refractivity contribution in [3.05, 3.63) is 65.2 Å². The summed E-state index contributed by atoms with van der Waals surface area (Å²) in [7, 11) is 1.55. The first kappa shape index (κ1) is 18.2. The molecular formula is C22H24N2O2. The fourth-order valence-electron chi connectivity index (χ4n) is 3.64. The van der Waals surface area contributed by atoms with Crippen molar-refractivity contribution >= 4 is 5.78 Å². The average Bonchev–Trinajstić information content (AvgIpc) is 2.69. The van der Waals surface area contributed by atoms with E-state index in [2.05, 4.69) is 35.2 Å². The summed E-state index contributed by atoms with van der Waals surface area (Å²) in [6.07, 6.45) is 2.12. The number of para-hydroxylation sites is 1. The Morgan fingerprint density at radius 2 is 1.88 bits per heavy atom. The van der Waals surface area contributed by atoms with Crippen LogP contribution in [0.2, 0.25) is 0 Å². The highest BCUT2D eigenvalue weighted by molar-refractivity contribution is 5.84. The van der Waals surface area contributed by atoms with E-state index in [0.29, 0.717) is 17.7 Å². The normalized spacial score (nSPS) is 15.4. The maximum atomic E-state index is 12.7. The smallest absolute Gasteiger partial charge is 0.140 e. The van der Waals surface area contributed by atoms with Crippen LogP contribution in [0.5, 0.6) is 5.75 Å². The lowest BCUT2D eigenvalue weighted by atomic mass is 9.88. The molecule has 4 nitrogen and oxygen atoms in total. The second-order valence-electron chi connectivity index (χ2n) is 6.79. The molecule has 134 valence electrons. The lowest BCUT2D eigenvalue weighted by Gasteiger charge is -2.31. The van der Waals surface area contributed by atoms with Gasteiger partial charge in [-0.05, 0) is 37.6 Å². The maximum Gasteiger partial charge on any atom is 0.140 e. The minimum Gasteiger partial charge on any atom is -0.495 e. The number of carbonyl (C=O) groups is 1. The number of carbonyl (C=O) groups excluding carboxylic acids is 1. The lowest BCUT2D eigenvalue weighted by molar-refractivity contribution is -0.123. The van der Waals surface area contributed by atoms with E-state index in [4.69, 9.17) is 4.74 Å². The number of methoxy groups -OCH3 is 1. The summed E-state index contributed by atoms with van der Waals surface area (Å²) in [5.74, 6) is 0.875. The topological polar surface area (TPSA) is 53.3 Å². The summed E-state index contributed by atoms with van der Waals surface area (Å²) in [5.41, 5.74) is 2.61. The number of nitrogens with zero attached hydrogens (tertiary/aromatic N) is 2. The van der Waals surface area contributed by atoms with Gasteiger partial charge in [0.15, 0.2) is 0 Å². The summed E-state index contributed by atoms with van der Waals surface area (Å²) < 4.78 is 5.36. The van der Waals surface area contributed by atoms with Crippen LogP contribution in [-0.4, -0.2) is 30.9 Å². The van der Waals surface area contributed by atoms with Gasteiger partial charge in [0.2, 0.25) is 0 Å². The molecule has 3 rings (SSSR count). The van der Waals surface area contributed by atoms with Gasteiger partial charge in [0.25, 0.3) is 0 Å². The van der Waals surface area contributed by atoms with Gasteiger partial charge in [0, 0.05) is 24.4 Å². The zero-order valence-electron chi connectivity index (χ0n) is 15.1. The van der Waals surface area contributed by atoms with Crippen LogP contribution >= 0.6 is 0 Å². The fraction of sp³-hybridized carbons (Fsp3) is 0.364. The van der Waals surface area contributed by atoms with Crippen LogP contribution in [0.1, 0.15) is 29.5 Å². The molecular weight excluding hydrogens is 324 g/mol. The van der Waals surface area contributed by atoms with Crippen molar-refractivity contribution in [3.8, 4) is 11.8 Å². The van der Waals surface area contributed by atoms with Crippen molar-refractivity contribution in [1.82, 2.24) is 4.90 Å². The monoisotopic (exact) mass is 348 g/mol. The van der Waals surface area contributed by atoms with Gasteiger partial charge >= 0.3 is 0 Å². The first-order valence-electron chi connectivity index (χ1n) is 9.06. The van der Waals surface area contributed by atoms with Gasteiger partial charge in [-0.1, -0.05) is 42.5 Å². The third-order valence-corrected chi connectivity index (χ3v) is 5.08. The lowest BCUT2D eigenvalue weighted by Crippen LogP contribution is -2.36. The number of hydrogen-bond donors (Lipinski definition) is 0. The molecule has 1 heterocycles. The number of nitriles is 1. The summed E-state index contributed by atoms with van der Waals surface area (Å²) >= 11 is 0. The summed E-state index contributed by atoms with van der Waals surface area (Å²) in [5, 5.41) is 9.19. The van der Waals surface area contributed by atoms with Crippen molar-refractivity contribution < 1.29 is 9.53 Å². The quantitative estimate of drug-likeness (QED) is 0.800. The zero-order valence-corrected chi connectivity index (χ0v) is 15.1. The standard InChI is InChI=1S/C22H24N2O2/c1-26-22-19(8-5-9-20(22)15-23)14-21(25)18-10-12-24(13-11-18)16-17-6-3-2-4-7-17/h2-9,18H,10-14,16H2,1H3. The molecule has 1 aliphatic rings. The first-order valence-corrected chi connectivity index (χ1v) is 9.06. The van der Waals surface area contributed by atoms with E-state index in [1.165, 1.54) is 5.56 Å². The molecule has 1 aliphatic heterocycles. The molecule has 0 unspecified atom stereocenters. The Hall–Kier alpha value is -2.64. The molecule has 26 heavy (non-hydrogen) atoms. The predicted octanol–water partition coefficient (Wildman–Crippen LogP) is 3.59. The molecule has 4 heteroatoms. The largest absolute Gasteiger partial charge is 0.495 e. The number of ether oxygens (including phenoxy) is 1. The number of likely N-dealkylation sites (tertiary alicyclic amines) is 1. The molecule has 0 aliphatic carbocycles. The van der Waals surface area contributed by atoms with Gasteiger partial charge in [-0.25, -0.2) is 0 Å². The molecule has 0 spiro atoms. The summed E-state index contributed by atoms with van der Waals surface area (Å²) in [4.78, 5) is 15.2. The van der Waals surface area contributed by atoms with E-state index in [-0.39, 0.29) is 11.7 Å². The Balaban J connectivity index is 1.57. The van der Waals surface area contributed by atoms with E-state index in [1.54, 1.807) is 13.2 Å². The number of piperidine rings is 1. The molecule has 0 radical (unpaired) electrons. The van der Waals surface area contributed by atoms with Crippen LogP contribution in [0.25, 0.3) is 0 Å².